The molecule has 0 unspecified atom stereocenters. The molecule has 0 radical (unpaired) electrons. The highest BCUT2D eigenvalue weighted by molar-refractivity contribution is 9.10. The number of hydrogen-bond acceptors (Lipinski definition) is 3. The highest BCUT2D eigenvalue weighted by Crippen LogP contribution is 2.21. The summed E-state index contributed by atoms with van der Waals surface area (Å²) in [5.74, 6) is -1.93. The molecule has 0 atom stereocenters. The molecule has 1 heterocycles. The molecule has 0 bridgehead atoms. The second-order valence-corrected chi connectivity index (χ2v) is 5.83. The first-order chi connectivity index (χ1) is 11.0. The number of aliphatic carboxylic acids is 1. The van der Waals surface area contributed by atoms with Crippen LogP contribution in [0.4, 0.5) is 0 Å². The summed E-state index contributed by atoms with van der Waals surface area (Å²) in [4.78, 5) is 33.4. The number of benzene rings is 1. The lowest BCUT2D eigenvalue weighted by atomic mass is 10.2. The van der Waals surface area contributed by atoms with E-state index in [1.54, 1.807) is 0 Å². The first kappa shape index (κ1) is 17.0. The first-order valence-corrected chi connectivity index (χ1v) is 7.74. The number of carboxylic acids is 1. The van der Waals surface area contributed by atoms with Crippen molar-refractivity contribution in [2.45, 2.75) is 13.0 Å². The van der Waals surface area contributed by atoms with E-state index in [0.717, 1.165) is 15.4 Å². The van der Waals surface area contributed by atoms with Crippen LogP contribution in [-0.2, 0) is 20.9 Å². The quantitative estimate of drug-likeness (QED) is 0.668. The van der Waals surface area contributed by atoms with Crippen LogP contribution in [0, 0.1) is 0 Å². The van der Waals surface area contributed by atoms with Crippen LogP contribution in [0.25, 0.3) is 10.9 Å². The van der Waals surface area contributed by atoms with Crippen LogP contribution in [0.15, 0.2) is 34.9 Å². The van der Waals surface area contributed by atoms with Gasteiger partial charge in [-0.25, -0.2) is 0 Å². The Morgan fingerprint density at radius 1 is 1.09 bits per heavy atom. The first-order valence-electron chi connectivity index (χ1n) is 6.95. The minimum atomic E-state index is -1.13. The third-order valence-electron chi connectivity index (χ3n) is 3.20. The number of carbonyl (C=O) groups is 3. The van der Waals surface area contributed by atoms with Crippen molar-refractivity contribution in [3.05, 3.63) is 34.9 Å². The number of hydrogen-bond donors (Lipinski definition) is 3. The van der Waals surface area contributed by atoms with Crippen LogP contribution < -0.4 is 10.6 Å². The van der Waals surface area contributed by atoms with Gasteiger partial charge in [0.2, 0.25) is 11.8 Å². The highest BCUT2D eigenvalue weighted by atomic mass is 79.9. The summed E-state index contributed by atoms with van der Waals surface area (Å²) in [6, 6.07) is 7.89. The number of carbonyl (C=O) groups excluding carboxylic acids is 2. The number of rotatable bonds is 7. The van der Waals surface area contributed by atoms with Crippen LogP contribution in [-0.4, -0.2) is 40.5 Å². The third-order valence-corrected chi connectivity index (χ3v) is 3.69. The highest BCUT2D eigenvalue weighted by Gasteiger charge is 2.08. The lowest BCUT2D eigenvalue weighted by Crippen LogP contribution is -2.39. The molecule has 1 aromatic carbocycles. The summed E-state index contributed by atoms with van der Waals surface area (Å²) < 4.78 is 2.92. The Hall–Kier alpha value is -2.35. The maximum atomic E-state index is 11.8. The lowest BCUT2D eigenvalue weighted by Gasteiger charge is -2.07. The minimum absolute atomic E-state index is 0.225. The maximum Gasteiger partial charge on any atom is 0.322 e. The van der Waals surface area contributed by atoms with Gasteiger partial charge in [-0.05, 0) is 23.6 Å². The van der Waals surface area contributed by atoms with Gasteiger partial charge in [0.05, 0.1) is 6.54 Å². The fourth-order valence-corrected chi connectivity index (χ4v) is 2.43. The Morgan fingerprint density at radius 3 is 2.57 bits per heavy atom. The molecule has 8 heteroatoms. The molecule has 0 fully saturated rings. The molecular weight excluding hydrogens is 366 g/mol. The van der Waals surface area contributed by atoms with Gasteiger partial charge in [-0.15, -0.1) is 0 Å². The van der Waals surface area contributed by atoms with Crippen molar-refractivity contribution in [1.29, 1.82) is 0 Å². The number of fused-ring (bicyclic) bond motifs is 1. The Balaban J connectivity index is 1.81. The van der Waals surface area contributed by atoms with Gasteiger partial charge in [0, 0.05) is 29.2 Å². The zero-order chi connectivity index (χ0) is 16.8. The molecule has 0 aliphatic carbocycles. The van der Waals surface area contributed by atoms with Gasteiger partial charge < -0.3 is 20.3 Å². The number of nitrogens with zero attached hydrogens (tertiary/aromatic N) is 1. The standard InChI is InChI=1S/C15H16BrN3O4/c16-11-2-1-10-3-5-19(12(10)7-11)6-4-13(20)17-8-14(21)18-9-15(22)23/h1-3,5,7H,4,6,8-9H2,(H,17,20)(H,18,21)(H,22,23). The number of amides is 2. The van der Waals surface area contributed by atoms with Crippen molar-refractivity contribution in [2.24, 2.45) is 0 Å². The van der Waals surface area contributed by atoms with Gasteiger partial charge in [-0.2, -0.15) is 0 Å². The molecule has 122 valence electrons. The smallest absolute Gasteiger partial charge is 0.322 e. The minimum Gasteiger partial charge on any atom is -0.480 e. The van der Waals surface area contributed by atoms with E-state index in [0.29, 0.717) is 6.54 Å². The summed E-state index contributed by atoms with van der Waals surface area (Å²) in [6.07, 6.45) is 2.13. The summed E-state index contributed by atoms with van der Waals surface area (Å²) in [5, 5.41) is 14.1. The largest absolute Gasteiger partial charge is 0.480 e. The molecule has 23 heavy (non-hydrogen) atoms. The fraction of sp³-hybridized carbons (Fsp3) is 0.267. The van der Waals surface area contributed by atoms with Gasteiger partial charge in [-0.1, -0.05) is 22.0 Å². The lowest BCUT2D eigenvalue weighted by molar-refractivity contribution is -0.137. The van der Waals surface area contributed by atoms with Crippen molar-refractivity contribution in [2.75, 3.05) is 13.1 Å². The van der Waals surface area contributed by atoms with E-state index >= 15 is 0 Å². The maximum absolute atomic E-state index is 11.8. The number of nitrogens with one attached hydrogen (secondary N) is 2. The monoisotopic (exact) mass is 381 g/mol. The number of aryl methyl sites for hydroxylation is 1. The molecule has 2 amide bonds. The van der Waals surface area contributed by atoms with Crippen LogP contribution in [0.5, 0.6) is 0 Å². The average Bonchev–Trinajstić information content (AvgIpc) is 2.91. The molecule has 0 spiro atoms. The fourth-order valence-electron chi connectivity index (χ4n) is 2.08. The molecule has 7 nitrogen and oxygen atoms in total. The van der Waals surface area contributed by atoms with Crippen molar-refractivity contribution in [1.82, 2.24) is 15.2 Å². The van der Waals surface area contributed by atoms with Crippen LogP contribution >= 0.6 is 15.9 Å². The molecule has 1 aromatic heterocycles. The molecule has 2 aromatic rings. The van der Waals surface area contributed by atoms with E-state index < -0.39 is 18.4 Å². The summed E-state index contributed by atoms with van der Waals surface area (Å²) in [7, 11) is 0. The molecule has 2 rings (SSSR count). The number of halogens is 1. The van der Waals surface area contributed by atoms with Crippen molar-refractivity contribution < 1.29 is 19.5 Å². The molecule has 0 saturated carbocycles. The van der Waals surface area contributed by atoms with E-state index in [1.165, 1.54) is 0 Å². The average molecular weight is 382 g/mol. The van der Waals surface area contributed by atoms with E-state index in [1.807, 2.05) is 35.0 Å². The summed E-state index contributed by atoms with van der Waals surface area (Å²) >= 11 is 3.42. The Morgan fingerprint density at radius 2 is 1.83 bits per heavy atom. The van der Waals surface area contributed by atoms with Crippen molar-refractivity contribution in [3.8, 4) is 0 Å². The van der Waals surface area contributed by atoms with E-state index in [4.69, 9.17) is 5.11 Å². The van der Waals surface area contributed by atoms with Crippen LogP contribution in [0.2, 0.25) is 0 Å². The summed E-state index contributed by atoms with van der Waals surface area (Å²) in [5.41, 5.74) is 1.02. The van der Waals surface area contributed by atoms with Gasteiger partial charge in [0.25, 0.3) is 0 Å². The predicted molar refractivity (Wildman–Crippen MR) is 87.9 cm³/mol. The summed E-state index contributed by atoms with van der Waals surface area (Å²) in [6.45, 7) is -0.203. The molecule has 0 saturated heterocycles. The van der Waals surface area contributed by atoms with Gasteiger partial charge in [0.1, 0.15) is 6.54 Å². The normalized spacial score (nSPS) is 10.5. The van der Waals surface area contributed by atoms with Gasteiger partial charge >= 0.3 is 5.97 Å². The molecule has 0 aliphatic heterocycles. The van der Waals surface area contributed by atoms with Gasteiger partial charge in [-0.3, -0.25) is 14.4 Å². The topological polar surface area (TPSA) is 100 Å². The Labute approximate surface area is 140 Å². The van der Waals surface area contributed by atoms with E-state index in [-0.39, 0.29) is 18.9 Å². The van der Waals surface area contributed by atoms with Crippen molar-refractivity contribution >= 4 is 44.6 Å². The second-order valence-electron chi connectivity index (χ2n) is 4.91. The van der Waals surface area contributed by atoms with Crippen LogP contribution in [0.3, 0.4) is 0 Å². The van der Waals surface area contributed by atoms with Gasteiger partial charge in [0.15, 0.2) is 0 Å². The Bertz CT molecular complexity index is 741. The second kappa shape index (κ2) is 7.77. The van der Waals surface area contributed by atoms with Crippen LogP contribution in [0.1, 0.15) is 6.42 Å². The predicted octanol–water partition coefficient (Wildman–Crippen LogP) is 1.11. The number of carboxylic acid groups (broad SMARTS) is 1. The van der Waals surface area contributed by atoms with E-state index in [2.05, 4.69) is 26.6 Å². The third kappa shape index (κ3) is 5.10. The molecular formula is C15H16BrN3O4. The number of aromatic nitrogens is 1. The molecule has 0 aliphatic rings. The molecule has 3 N–H and O–H groups in total. The Kier molecular flexibility index (Phi) is 5.75. The SMILES string of the molecule is O=C(O)CNC(=O)CNC(=O)CCn1ccc2ccc(Br)cc21. The zero-order valence-corrected chi connectivity index (χ0v) is 13.8. The zero-order valence-electron chi connectivity index (χ0n) is 12.2. The van der Waals surface area contributed by atoms with Crippen molar-refractivity contribution in [3.63, 3.8) is 0 Å². The van der Waals surface area contributed by atoms with E-state index in [9.17, 15) is 14.4 Å².